The molecule has 0 spiro atoms. The molecule has 0 saturated carbocycles. The predicted molar refractivity (Wildman–Crippen MR) is 116 cm³/mol. The Balaban J connectivity index is 0.000000146. The van der Waals surface area contributed by atoms with Crippen molar-refractivity contribution >= 4 is 22.6 Å². The highest BCUT2D eigenvalue weighted by Crippen LogP contribution is 2.19. The van der Waals surface area contributed by atoms with E-state index in [4.69, 9.17) is 0 Å². The fourth-order valence-electron chi connectivity index (χ4n) is 2.53. The first kappa shape index (κ1) is 17.4. The smallest absolute Gasteiger partial charge is 0.0130 e. The van der Waals surface area contributed by atoms with Crippen molar-refractivity contribution < 1.29 is 0 Å². The summed E-state index contributed by atoms with van der Waals surface area (Å²) in [7, 11) is 0. The van der Waals surface area contributed by atoms with Crippen LogP contribution in [0.1, 0.15) is 0 Å². The van der Waals surface area contributed by atoms with E-state index in [2.05, 4.69) is 120 Å². The van der Waals surface area contributed by atoms with Crippen LogP contribution < -0.4 is 0 Å². The van der Waals surface area contributed by atoms with Gasteiger partial charge >= 0.3 is 0 Å². The normalized spacial score (nSPS) is 9.80. The lowest BCUT2D eigenvalue weighted by Crippen LogP contribution is -1.76. The number of hydrogen-bond acceptors (Lipinski definition) is 0. The maximum Gasteiger partial charge on any atom is 0.0130 e. The van der Waals surface area contributed by atoms with Crippen molar-refractivity contribution in [3.63, 3.8) is 0 Å². The van der Waals surface area contributed by atoms with E-state index < -0.39 is 0 Å². The zero-order chi connectivity index (χ0) is 17.3. The largest absolute Gasteiger partial charge is 0.0622 e. The first-order valence-electron chi connectivity index (χ1n) is 8.24. The Kier molecular flexibility index (Phi) is 6.41. The van der Waals surface area contributed by atoms with Gasteiger partial charge in [-0.2, -0.15) is 0 Å². The molecule has 0 aliphatic heterocycles. The molecule has 4 aromatic carbocycles. The third-order valence-corrected chi connectivity index (χ3v) is 4.55. The van der Waals surface area contributed by atoms with Gasteiger partial charge in [0.1, 0.15) is 0 Å². The molecule has 0 N–H and O–H groups in total. The summed E-state index contributed by atoms with van der Waals surface area (Å²) in [5.74, 6) is 0. The van der Waals surface area contributed by atoms with Gasteiger partial charge in [-0.3, -0.25) is 0 Å². The minimum Gasteiger partial charge on any atom is -0.0622 e. The molecule has 0 radical (unpaired) electrons. The third kappa shape index (κ3) is 5.30. The Morgan fingerprint density at radius 2 is 0.600 bits per heavy atom. The van der Waals surface area contributed by atoms with Crippen LogP contribution in [-0.4, -0.2) is 0 Å². The molecule has 0 unspecified atom stereocenters. The second-order valence-electron chi connectivity index (χ2n) is 5.60. The van der Waals surface area contributed by atoms with Gasteiger partial charge in [-0.1, -0.05) is 103 Å². The minimum atomic E-state index is 1.28. The molecule has 0 fully saturated rings. The molecule has 0 amide bonds. The van der Waals surface area contributed by atoms with Crippen LogP contribution in [0.4, 0.5) is 0 Å². The summed E-state index contributed by atoms with van der Waals surface area (Å²) in [6, 6.07) is 39.8. The lowest BCUT2D eigenvalue weighted by molar-refractivity contribution is 1.59. The molecular formula is C24H19I. The van der Waals surface area contributed by atoms with Crippen molar-refractivity contribution in [2.24, 2.45) is 0 Å². The van der Waals surface area contributed by atoms with Gasteiger partial charge in [0.2, 0.25) is 0 Å². The van der Waals surface area contributed by atoms with Crippen LogP contribution in [0.25, 0.3) is 22.3 Å². The van der Waals surface area contributed by atoms with E-state index in [9.17, 15) is 0 Å². The summed E-state index contributed by atoms with van der Waals surface area (Å²) < 4.78 is 1.28. The first-order valence-corrected chi connectivity index (χ1v) is 9.32. The van der Waals surface area contributed by atoms with E-state index in [1.807, 2.05) is 18.2 Å². The highest BCUT2D eigenvalue weighted by atomic mass is 127. The summed E-state index contributed by atoms with van der Waals surface area (Å²) in [4.78, 5) is 0. The molecule has 0 aliphatic rings. The summed E-state index contributed by atoms with van der Waals surface area (Å²) >= 11 is 2.32. The summed E-state index contributed by atoms with van der Waals surface area (Å²) in [5, 5.41) is 0. The molecule has 0 nitrogen and oxygen atoms in total. The molecule has 122 valence electrons. The predicted octanol–water partition coefficient (Wildman–Crippen LogP) is 7.31. The van der Waals surface area contributed by atoms with E-state index in [1.165, 1.54) is 25.8 Å². The highest BCUT2D eigenvalue weighted by molar-refractivity contribution is 14.1. The quantitative estimate of drug-likeness (QED) is 0.290. The van der Waals surface area contributed by atoms with E-state index in [1.54, 1.807) is 0 Å². The fraction of sp³-hybridized carbons (Fsp3) is 0. The Bertz CT molecular complexity index is 830. The van der Waals surface area contributed by atoms with Gasteiger partial charge in [0.15, 0.2) is 0 Å². The SMILES string of the molecule is Ic1ccc(-c2ccccc2)cc1.c1ccc(-c2ccccc2)cc1. The molecule has 0 heterocycles. The lowest BCUT2D eigenvalue weighted by Gasteiger charge is -2.00. The maximum absolute atomic E-state index is 2.32. The molecule has 0 aliphatic carbocycles. The van der Waals surface area contributed by atoms with Crippen LogP contribution in [0.15, 0.2) is 115 Å². The molecule has 4 aromatic rings. The number of halogens is 1. The van der Waals surface area contributed by atoms with Gasteiger partial charge in [0.25, 0.3) is 0 Å². The molecular weight excluding hydrogens is 415 g/mol. The number of benzene rings is 4. The van der Waals surface area contributed by atoms with Gasteiger partial charge in [-0.05, 0) is 57.0 Å². The topological polar surface area (TPSA) is 0 Å². The van der Waals surface area contributed by atoms with Gasteiger partial charge in [-0.15, -0.1) is 0 Å². The maximum atomic E-state index is 2.32. The highest BCUT2D eigenvalue weighted by Gasteiger charge is 1.94. The Morgan fingerprint density at radius 3 is 0.920 bits per heavy atom. The van der Waals surface area contributed by atoms with Crippen molar-refractivity contribution in [1.29, 1.82) is 0 Å². The summed E-state index contributed by atoms with van der Waals surface area (Å²) in [5.41, 5.74) is 5.11. The van der Waals surface area contributed by atoms with Gasteiger partial charge in [-0.25, -0.2) is 0 Å². The standard InChI is InChI=1S/C12H9I.C12H10/c13-12-8-6-11(7-9-12)10-4-2-1-3-5-10;1-3-7-11(8-4-1)12-9-5-2-6-10-12/h1-9H;1-10H. The van der Waals surface area contributed by atoms with Crippen LogP contribution in [-0.2, 0) is 0 Å². The minimum absolute atomic E-state index is 1.28. The molecule has 0 aromatic heterocycles. The van der Waals surface area contributed by atoms with Gasteiger partial charge < -0.3 is 0 Å². The van der Waals surface area contributed by atoms with E-state index in [0.717, 1.165) is 0 Å². The van der Waals surface area contributed by atoms with Crippen LogP contribution in [0.5, 0.6) is 0 Å². The summed E-state index contributed by atoms with van der Waals surface area (Å²) in [6.45, 7) is 0. The van der Waals surface area contributed by atoms with E-state index >= 15 is 0 Å². The van der Waals surface area contributed by atoms with Crippen molar-refractivity contribution in [3.8, 4) is 22.3 Å². The Hall–Kier alpha value is -2.39. The number of hydrogen-bond donors (Lipinski definition) is 0. The van der Waals surface area contributed by atoms with Crippen molar-refractivity contribution in [2.45, 2.75) is 0 Å². The second kappa shape index (κ2) is 9.19. The van der Waals surface area contributed by atoms with Crippen LogP contribution >= 0.6 is 22.6 Å². The van der Waals surface area contributed by atoms with E-state index in [0.29, 0.717) is 0 Å². The average molecular weight is 434 g/mol. The van der Waals surface area contributed by atoms with Crippen molar-refractivity contribution in [2.75, 3.05) is 0 Å². The molecule has 0 bridgehead atoms. The Morgan fingerprint density at radius 1 is 0.320 bits per heavy atom. The Labute approximate surface area is 163 Å². The summed E-state index contributed by atoms with van der Waals surface area (Å²) in [6.07, 6.45) is 0. The van der Waals surface area contributed by atoms with E-state index in [-0.39, 0.29) is 0 Å². The van der Waals surface area contributed by atoms with Crippen LogP contribution in [0.3, 0.4) is 0 Å². The average Bonchev–Trinajstić information content (AvgIpc) is 2.71. The third-order valence-electron chi connectivity index (χ3n) is 3.83. The first-order chi connectivity index (χ1) is 12.3. The van der Waals surface area contributed by atoms with Crippen molar-refractivity contribution in [1.82, 2.24) is 0 Å². The second-order valence-corrected chi connectivity index (χ2v) is 6.85. The molecule has 1 heteroatoms. The monoisotopic (exact) mass is 434 g/mol. The zero-order valence-electron chi connectivity index (χ0n) is 13.8. The van der Waals surface area contributed by atoms with Crippen molar-refractivity contribution in [3.05, 3.63) is 119 Å². The van der Waals surface area contributed by atoms with Crippen LogP contribution in [0, 0.1) is 3.57 Å². The fourth-order valence-corrected chi connectivity index (χ4v) is 2.89. The molecule has 0 atom stereocenters. The molecule has 0 saturated heterocycles. The van der Waals surface area contributed by atoms with Gasteiger partial charge in [0.05, 0.1) is 0 Å². The lowest BCUT2D eigenvalue weighted by atomic mass is 10.1. The molecule has 4 rings (SSSR count). The van der Waals surface area contributed by atoms with Gasteiger partial charge in [0, 0.05) is 3.57 Å². The van der Waals surface area contributed by atoms with Crippen LogP contribution in [0.2, 0.25) is 0 Å². The molecule has 25 heavy (non-hydrogen) atoms. The number of rotatable bonds is 2. The zero-order valence-corrected chi connectivity index (χ0v) is 16.0.